The monoisotopic (exact) mass is 369 g/mol. The summed E-state index contributed by atoms with van der Waals surface area (Å²) in [5.74, 6) is 0.217. The summed E-state index contributed by atoms with van der Waals surface area (Å²) < 4.78 is 5.14. The molecule has 0 unspecified atom stereocenters. The fraction of sp³-hybridized carbons (Fsp3) is 0.350. The number of carbonyl (C=O) groups excluding carboxylic acids is 1. The molecular weight excluding hydrogens is 350 g/mol. The average molecular weight is 370 g/mol. The third-order valence-corrected chi connectivity index (χ3v) is 5.40. The first-order valence-electron chi connectivity index (χ1n) is 8.82. The Kier molecular flexibility index (Phi) is 4.74. The molecule has 1 aliphatic rings. The standard InChI is InChI=1S/C20H20ClN3O2/c1-13-3-2-4-15-11-16(19(21)23-17(13)15)12-24-8-5-14(6-9-24)18(25)20-22-7-10-26-20/h2-4,7,10-11,14H,5-6,8-9,12H2,1H3. The lowest BCUT2D eigenvalue weighted by Crippen LogP contribution is -2.36. The Labute approximate surface area is 157 Å². The molecule has 0 aliphatic carbocycles. The highest BCUT2D eigenvalue weighted by molar-refractivity contribution is 6.30. The number of carbonyl (C=O) groups is 1. The first kappa shape index (κ1) is 17.2. The zero-order chi connectivity index (χ0) is 18.1. The van der Waals surface area contributed by atoms with Gasteiger partial charge in [-0.25, -0.2) is 9.97 Å². The maximum atomic E-state index is 12.4. The molecule has 3 heterocycles. The molecule has 0 saturated carbocycles. The van der Waals surface area contributed by atoms with Crippen molar-refractivity contribution in [3.8, 4) is 0 Å². The summed E-state index contributed by atoms with van der Waals surface area (Å²) in [5, 5.41) is 1.67. The van der Waals surface area contributed by atoms with Gasteiger partial charge in [-0.15, -0.1) is 0 Å². The second-order valence-corrected chi connectivity index (χ2v) is 7.19. The smallest absolute Gasteiger partial charge is 0.263 e. The van der Waals surface area contributed by atoms with Crippen molar-refractivity contribution in [1.82, 2.24) is 14.9 Å². The van der Waals surface area contributed by atoms with E-state index >= 15 is 0 Å². The number of aryl methyl sites for hydroxylation is 1. The second-order valence-electron chi connectivity index (χ2n) is 6.84. The number of piperidine rings is 1. The molecule has 2 aromatic heterocycles. The minimum absolute atomic E-state index is 0.00975. The number of hydrogen-bond acceptors (Lipinski definition) is 5. The summed E-state index contributed by atoms with van der Waals surface area (Å²) in [6, 6.07) is 8.27. The van der Waals surface area contributed by atoms with Gasteiger partial charge < -0.3 is 4.42 Å². The zero-order valence-corrected chi connectivity index (χ0v) is 15.4. The van der Waals surface area contributed by atoms with Gasteiger partial charge in [-0.2, -0.15) is 0 Å². The Morgan fingerprint density at radius 1 is 1.35 bits per heavy atom. The number of oxazole rings is 1. The van der Waals surface area contributed by atoms with Crippen molar-refractivity contribution >= 4 is 28.3 Å². The largest absolute Gasteiger partial charge is 0.442 e. The van der Waals surface area contributed by atoms with Gasteiger partial charge in [0.05, 0.1) is 11.7 Å². The van der Waals surface area contributed by atoms with Crippen molar-refractivity contribution in [2.75, 3.05) is 13.1 Å². The summed E-state index contributed by atoms with van der Waals surface area (Å²) in [7, 11) is 0. The molecule has 0 bridgehead atoms. The van der Waals surface area contributed by atoms with Crippen LogP contribution in [0.5, 0.6) is 0 Å². The van der Waals surface area contributed by atoms with E-state index in [0.29, 0.717) is 5.15 Å². The SMILES string of the molecule is Cc1cccc2cc(CN3CCC(C(=O)c4ncco4)CC3)c(Cl)nc12. The predicted octanol–water partition coefficient (Wildman–Crippen LogP) is 4.28. The topological polar surface area (TPSA) is 59.2 Å². The number of benzene rings is 1. The van der Waals surface area contributed by atoms with E-state index in [-0.39, 0.29) is 17.6 Å². The van der Waals surface area contributed by atoms with E-state index in [2.05, 4.69) is 27.0 Å². The van der Waals surface area contributed by atoms with Gasteiger partial charge in [-0.3, -0.25) is 9.69 Å². The number of ketones is 1. The third-order valence-electron chi connectivity index (χ3n) is 5.07. The number of para-hydroxylation sites is 1. The molecule has 6 heteroatoms. The van der Waals surface area contributed by atoms with Crippen LogP contribution in [0, 0.1) is 12.8 Å². The van der Waals surface area contributed by atoms with Crippen LogP contribution in [-0.2, 0) is 6.54 Å². The van der Waals surface area contributed by atoms with E-state index in [1.54, 1.807) is 0 Å². The fourth-order valence-corrected chi connectivity index (χ4v) is 3.79. The molecule has 1 aliphatic heterocycles. The number of nitrogens with zero attached hydrogens (tertiary/aromatic N) is 3. The van der Waals surface area contributed by atoms with Crippen LogP contribution >= 0.6 is 11.6 Å². The van der Waals surface area contributed by atoms with E-state index in [1.807, 2.05) is 19.1 Å². The van der Waals surface area contributed by atoms with Crippen molar-refractivity contribution in [3.05, 3.63) is 58.9 Å². The summed E-state index contributed by atoms with van der Waals surface area (Å²) in [6.07, 6.45) is 4.56. The summed E-state index contributed by atoms with van der Waals surface area (Å²) in [5.41, 5.74) is 3.11. The maximum absolute atomic E-state index is 12.4. The van der Waals surface area contributed by atoms with E-state index in [0.717, 1.165) is 54.5 Å². The molecule has 3 aromatic rings. The van der Waals surface area contributed by atoms with Gasteiger partial charge in [0.2, 0.25) is 5.78 Å². The van der Waals surface area contributed by atoms with Crippen LogP contribution in [0.25, 0.3) is 10.9 Å². The Bertz CT molecular complexity index is 932. The van der Waals surface area contributed by atoms with E-state index in [1.165, 1.54) is 12.5 Å². The molecule has 26 heavy (non-hydrogen) atoms. The molecule has 1 fully saturated rings. The van der Waals surface area contributed by atoms with Gasteiger partial charge in [-0.1, -0.05) is 29.8 Å². The van der Waals surface area contributed by atoms with Crippen LogP contribution in [0.2, 0.25) is 5.15 Å². The quantitative estimate of drug-likeness (QED) is 0.507. The third kappa shape index (κ3) is 3.37. The van der Waals surface area contributed by atoms with Gasteiger partial charge in [-0.05, 0) is 44.5 Å². The highest BCUT2D eigenvalue weighted by atomic mass is 35.5. The molecule has 0 atom stereocenters. The van der Waals surface area contributed by atoms with Crippen molar-refractivity contribution in [3.63, 3.8) is 0 Å². The number of pyridine rings is 1. The van der Waals surface area contributed by atoms with Gasteiger partial charge in [0.25, 0.3) is 5.89 Å². The van der Waals surface area contributed by atoms with Crippen molar-refractivity contribution in [2.24, 2.45) is 5.92 Å². The van der Waals surface area contributed by atoms with Gasteiger partial charge >= 0.3 is 0 Å². The highest BCUT2D eigenvalue weighted by Crippen LogP contribution is 2.27. The molecule has 0 radical (unpaired) electrons. The minimum Gasteiger partial charge on any atom is -0.442 e. The van der Waals surface area contributed by atoms with Gasteiger partial charge in [0, 0.05) is 23.4 Å². The highest BCUT2D eigenvalue weighted by Gasteiger charge is 2.28. The first-order valence-corrected chi connectivity index (χ1v) is 9.20. The Morgan fingerprint density at radius 3 is 2.88 bits per heavy atom. The summed E-state index contributed by atoms with van der Waals surface area (Å²) in [6.45, 7) is 4.48. The predicted molar refractivity (Wildman–Crippen MR) is 100 cm³/mol. The molecule has 4 rings (SSSR count). The lowest BCUT2D eigenvalue weighted by atomic mass is 9.92. The number of hydrogen-bond donors (Lipinski definition) is 0. The Balaban J connectivity index is 1.44. The number of fused-ring (bicyclic) bond motifs is 1. The van der Waals surface area contributed by atoms with E-state index < -0.39 is 0 Å². The number of rotatable bonds is 4. The molecular formula is C20H20ClN3O2. The Hall–Kier alpha value is -2.24. The molecule has 5 nitrogen and oxygen atoms in total. The lowest BCUT2D eigenvalue weighted by Gasteiger charge is -2.30. The molecule has 0 amide bonds. The van der Waals surface area contributed by atoms with Crippen LogP contribution in [-0.4, -0.2) is 33.7 Å². The molecule has 1 aromatic carbocycles. The normalized spacial score (nSPS) is 16.2. The first-order chi connectivity index (χ1) is 12.6. The molecule has 134 valence electrons. The van der Waals surface area contributed by atoms with Gasteiger partial charge in [0.1, 0.15) is 11.4 Å². The number of aromatic nitrogens is 2. The maximum Gasteiger partial charge on any atom is 0.263 e. The average Bonchev–Trinajstić information content (AvgIpc) is 3.18. The van der Waals surface area contributed by atoms with Crippen LogP contribution in [0.15, 0.2) is 41.1 Å². The van der Waals surface area contributed by atoms with Crippen molar-refractivity contribution in [2.45, 2.75) is 26.3 Å². The molecule has 0 spiro atoms. The molecule has 0 N–H and O–H groups in total. The second kappa shape index (κ2) is 7.17. The molecule has 1 saturated heterocycles. The van der Waals surface area contributed by atoms with Crippen LogP contribution in [0.4, 0.5) is 0 Å². The van der Waals surface area contributed by atoms with Gasteiger partial charge in [0.15, 0.2) is 0 Å². The zero-order valence-electron chi connectivity index (χ0n) is 14.6. The fourth-order valence-electron chi connectivity index (χ4n) is 3.59. The van der Waals surface area contributed by atoms with Crippen LogP contribution in [0.1, 0.15) is 34.7 Å². The van der Waals surface area contributed by atoms with Crippen LogP contribution < -0.4 is 0 Å². The van der Waals surface area contributed by atoms with Crippen molar-refractivity contribution < 1.29 is 9.21 Å². The Morgan fingerprint density at radius 2 is 2.15 bits per heavy atom. The summed E-state index contributed by atoms with van der Waals surface area (Å²) >= 11 is 6.43. The van der Waals surface area contributed by atoms with Crippen molar-refractivity contribution in [1.29, 1.82) is 0 Å². The number of Topliss-reactive ketones (excluding diaryl/α,β-unsaturated/α-hetero) is 1. The van der Waals surface area contributed by atoms with Crippen LogP contribution in [0.3, 0.4) is 0 Å². The minimum atomic E-state index is -0.0160. The number of halogens is 1. The van der Waals surface area contributed by atoms with E-state index in [4.69, 9.17) is 16.0 Å². The summed E-state index contributed by atoms with van der Waals surface area (Å²) in [4.78, 5) is 23.2. The number of likely N-dealkylation sites (tertiary alicyclic amines) is 1. The van der Waals surface area contributed by atoms with E-state index in [9.17, 15) is 4.79 Å². The lowest BCUT2D eigenvalue weighted by molar-refractivity contribution is 0.0799.